The van der Waals surface area contributed by atoms with Crippen LogP contribution in [0.5, 0.6) is 5.75 Å². The Balaban J connectivity index is 1.35. The summed E-state index contributed by atoms with van der Waals surface area (Å²) in [7, 11) is 1.59. The highest BCUT2D eigenvalue weighted by atomic mass is 32.2. The molecule has 0 radical (unpaired) electrons. The molecule has 0 spiro atoms. The Bertz CT molecular complexity index is 1120. The number of ether oxygens (including phenoxy) is 1. The van der Waals surface area contributed by atoms with Gasteiger partial charge in [-0.15, -0.1) is 11.8 Å². The van der Waals surface area contributed by atoms with Crippen molar-refractivity contribution >= 4 is 28.6 Å². The van der Waals surface area contributed by atoms with Gasteiger partial charge in [0.25, 0.3) is 0 Å². The first-order chi connectivity index (χ1) is 17.0. The lowest BCUT2D eigenvalue weighted by atomic mass is 9.79. The maximum Gasteiger partial charge on any atom is 0.303 e. The molecule has 0 aliphatic carbocycles. The van der Waals surface area contributed by atoms with E-state index in [0.29, 0.717) is 24.2 Å². The van der Waals surface area contributed by atoms with Gasteiger partial charge in [0.15, 0.2) is 0 Å². The number of rotatable bonds is 11. The molecule has 0 unspecified atom stereocenters. The lowest BCUT2D eigenvalue weighted by Crippen LogP contribution is -2.42. The third-order valence-corrected chi connectivity index (χ3v) is 7.72. The van der Waals surface area contributed by atoms with E-state index < -0.39 is 12.1 Å². The van der Waals surface area contributed by atoms with Crippen molar-refractivity contribution < 1.29 is 19.0 Å². The van der Waals surface area contributed by atoms with Gasteiger partial charge in [-0.2, -0.15) is 10.2 Å². The van der Waals surface area contributed by atoms with Gasteiger partial charge in [0.05, 0.1) is 25.0 Å². The first-order valence-electron chi connectivity index (χ1n) is 11.9. The van der Waals surface area contributed by atoms with Crippen molar-refractivity contribution in [2.75, 3.05) is 32.5 Å². The number of likely N-dealkylation sites (tertiary alicyclic amines) is 1. The molecule has 1 N–H and O–H groups in total. The number of carboxylic acid groups (broad SMARTS) is 1. The maximum atomic E-state index is 15.4. The predicted octanol–water partition coefficient (Wildman–Crippen LogP) is 5.03. The number of hydrogen-bond donors (Lipinski definition) is 1. The Morgan fingerprint density at radius 3 is 2.91 bits per heavy atom. The molecule has 9 heteroatoms. The smallest absolute Gasteiger partial charge is 0.303 e. The van der Waals surface area contributed by atoms with Crippen molar-refractivity contribution in [3.63, 3.8) is 0 Å². The van der Waals surface area contributed by atoms with Crippen molar-refractivity contribution in [1.29, 1.82) is 0 Å². The maximum absolute atomic E-state index is 15.4. The quantitative estimate of drug-likeness (QED) is 0.368. The summed E-state index contributed by atoms with van der Waals surface area (Å²) in [5.41, 5.74) is 1.35. The number of pyridine rings is 1. The monoisotopic (exact) mass is 498 g/mol. The average molecular weight is 499 g/mol. The summed E-state index contributed by atoms with van der Waals surface area (Å²) in [6, 6.07) is 9.16. The van der Waals surface area contributed by atoms with Crippen LogP contribution in [0, 0.1) is 11.8 Å². The van der Waals surface area contributed by atoms with Crippen molar-refractivity contribution in [2.24, 2.45) is 11.8 Å². The summed E-state index contributed by atoms with van der Waals surface area (Å²) in [6.07, 6.45) is 5.97. The van der Waals surface area contributed by atoms with Crippen molar-refractivity contribution in [2.45, 2.75) is 36.8 Å². The molecule has 1 saturated heterocycles. The molecule has 1 aliphatic rings. The fraction of sp³-hybridized carbons (Fsp3) is 0.462. The Hall–Kier alpha value is -2.78. The topological polar surface area (TPSA) is 88.4 Å². The molecule has 0 bridgehead atoms. The van der Waals surface area contributed by atoms with E-state index >= 15 is 4.39 Å². The summed E-state index contributed by atoms with van der Waals surface area (Å²) in [5, 5.41) is 17.9. The van der Waals surface area contributed by atoms with E-state index in [1.807, 2.05) is 24.3 Å². The Kier molecular flexibility index (Phi) is 8.87. The number of methoxy groups -OCH3 is 1. The standard InChI is InChI=1S/C26H31FN4O3S/c1-34-20-3-5-25-23(15-20)22(7-9-28-25)24(27)4-2-18-8-11-31(17-19(18)14-26(32)33)12-13-35-21-6-10-29-30-16-21/h3,5-7,9-10,15-16,18-19,24H,2,4,8,11-14,17H2,1H3,(H,32,33)/t18-,19+,24+/m1/s1. The number of alkyl halides is 1. The van der Waals surface area contributed by atoms with E-state index in [9.17, 15) is 9.90 Å². The third kappa shape index (κ3) is 6.89. The van der Waals surface area contributed by atoms with Gasteiger partial charge >= 0.3 is 5.97 Å². The van der Waals surface area contributed by atoms with Crippen molar-refractivity contribution in [3.05, 3.63) is 54.5 Å². The normalized spacial score (nSPS) is 19.5. The summed E-state index contributed by atoms with van der Waals surface area (Å²) in [4.78, 5) is 19.3. The number of piperidine rings is 1. The second-order valence-electron chi connectivity index (χ2n) is 8.96. The fourth-order valence-corrected chi connectivity index (χ4v) is 5.78. The molecule has 0 saturated carbocycles. The number of aliphatic carboxylic acids is 1. The number of carboxylic acids is 1. The molecule has 1 fully saturated rings. The van der Waals surface area contributed by atoms with Crippen LogP contribution in [0.1, 0.15) is 37.4 Å². The third-order valence-electron chi connectivity index (χ3n) is 6.76. The number of aromatic nitrogens is 3. The number of benzene rings is 1. The van der Waals surface area contributed by atoms with Crippen LogP contribution in [-0.2, 0) is 4.79 Å². The Morgan fingerprint density at radius 1 is 1.26 bits per heavy atom. The molecule has 3 heterocycles. The van der Waals surface area contributed by atoms with Crippen LogP contribution >= 0.6 is 11.8 Å². The number of thioether (sulfide) groups is 1. The van der Waals surface area contributed by atoms with Crippen LogP contribution in [-0.4, -0.2) is 63.7 Å². The Labute approximate surface area is 209 Å². The highest BCUT2D eigenvalue weighted by Crippen LogP contribution is 2.36. The molecule has 4 rings (SSSR count). The summed E-state index contributed by atoms with van der Waals surface area (Å²) >= 11 is 1.72. The molecular formula is C26H31FN4O3S. The highest BCUT2D eigenvalue weighted by molar-refractivity contribution is 7.99. The van der Waals surface area contributed by atoms with E-state index in [-0.39, 0.29) is 18.3 Å². The second-order valence-corrected chi connectivity index (χ2v) is 10.1. The fourth-order valence-electron chi connectivity index (χ4n) is 4.91. The molecule has 3 atom stereocenters. The molecule has 0 amide bonds. The number of carbonyl (C=O) groups is 1. The molecule has 2 aromatic heterocycles. The van der Waals surface area contributed by atoms with Crippen LogP contribution in [0.4, 0.5) is 4.39 Å². The van der Waals surface area contributed by atoms with E-state index in [1.165, 1.54) is 0 Å². The summed E-state index contributed by atoms with van der Waals surface area (Å²) in [6.45, 7) is 2.52. The SMILES string of the molecule is COc1ccc2nccc([C@@H](F)CC[C@@H]3CCN(CCSc4ccnnc4)C[C@@H]3CC(=O)O)c2c1. The van der Waals surface area contributed by atoms with Crippen LogP contribution in [0.3, 0.4) is 0 Å². The van der Waals surface area contributed by atoms with Gasteiger partial charge in [0.1, 0.15) is 11.9 Å². The number of nitrogens with zero attached hydrogens (tertiary/aromatic N) is 4. The molecule has 186 valence electrons. The summed E-state index contributed by atoms with van der Waals surface area (Å²) in [5.74, 6) is 1.01. The zero-order chi connectivity index (χ0) is 24.6. The molecule has 35 heavy (non-hydrogen) atoms. The van der Waals surface area contributed by atoms with Crippen LogP contribution in [0.25, 0.3) is 10.9 Å². The Morgan fingerprint density at radius 2 is 2.14 bits per heavy atom. The first kappa shape index (κ1) is 25.3. The van der Waals surface area contributed by atoms with Gasteiger partial charge in [-0.1, -0.05) is 0 Å². The predicted molar refractivity (Wildman–Crippen MR) is 134 cm³/mol. The molecule has 1 aromatic carbocycles. The van der Waals surface area contributed by atoms with Crippen LogP contribution in [0.2, 0.25) is 0 Å². The number of halogens is 1. The molecular weight excluding hydrogens is 467 g/mol. The molecule has 3 aromatic rings. The lowest BCUT2D eigenvalue weighted by Gasteiger charge is -2.38. The van der Waals surface area contributed by atoms with Crippen LogP contribution in [0.15, 0.2) is 53.8 Å². The van der Waals surface area contributed by atoms with Crippen molar-refractivity contribution in [3.8, 4) is 5.75 Å². The van der Waals surface area contributed by atoms with Crippen LogP contribution < -0.4 is 4.74 Å². The molecule has 1 aliphatic heterocycles. The summed E-state index contributed by atoms with van der Waals surface area (Å²) < 4.78 is 20.8. The van der Waals surface area contributed by atoms with E-state index in [4.69, 9.17) is 4.74 Å². The van der Waals surface area contributed by atoms with Gasteiger partial charge in [-0.05, 0) is 73.5 Å². The largest absolute Gasteiger partial charge is 0.497 e. The highest BCUT2D eigenvalue weighted by Gasteiger charge is 2.31. The van der Waals surface area contributed by atoms with Gasteiger partial charge < -0.3 is 14.7 Å². The molecule has 7 nitrogen and oxygen atoms in total. The van der Waals surface area contributed by atoms with Crippen molar-refractivity contribution in [1.82, 2.24) is 20.1 Å². The zero-order valence-corrected chi connectivity index (χ0v) is 20.7. The minimum atomic E-state index is -1.14. The number of hydrogen-bond acceptors (Lipinski definition) is 7. The average Bonchev–Trinajstić information content (AvgIpc) is 2.87. The van der Waals surface area contributed by atoms with E-state index in [1.54, 1.807) is 43.5 Å². The second kappa shape index (κ2) is 12.3. The van der Waals surface area contributed by atoms with Gasteiger partial charge in [-0.3, -0.25) is 9.78 Å². The zero-order valence-electron chi connectivity index (χ0n) is 19.8. The van der Waals surface area contributed by atoms with Gasteiger partial charge in [0, 0.05) is 41.7 Å². The van der Waals surface area contributed by atoms with Gasteiger partial charge in [0.2, 0.25) is 0 Å². The van der Waals surface area contributed by atoms with E-state index in [2.05, 4.69) is 20.1 Å². The van der Waals surface area contributed by atoms with Gasteiger partial charge in [-0.25, -0.2) is 4.39 Å². The minimum Gasteiger partial charge on any atom is -0.497 e. The number of fused-ring (bicyclic) bond motifs is 1. The minimum absolute atomic E-state index is 0.0234. The first-order valence-corrected chi connectivity index (χ1v) is 12.9. The lowest BCUT2D eigenvalue weighted by molar-refractivity contribution is -0.139. The van der Waals surface area contributed by atoms with E-state index in [0.717, 1.165) is 47.6 Å².